The Kier molecular flexibility index (Phi) is 3.84. The lowest BCUT2D eigenvalue weighted by molar-refractivity contribution is 0.303. The van der Waals surface area contributed by atoms with Crippen LogP contribution in [0, 0.1) is 5.82 Å². The van der Waals surface area contributed by atoms with Gasteiger partial charge in [0.1, 0.15) is 5.82 Å². The van der Waals surface area contributed by atoms with Gasteiger partial charge in [-0.2, -0.15) is 0 Å². The zero-order valence-electron chi connectivity index (χ0n) is 10.0. The number of nitrogens with zero attached hydrogens (tertiary/aromatic N) is 3. The van der Waals surface area contributed by atoms with Crippen LogP contribution < -0.4 is 4.90 Å². The molecular formula is C13H14FN3O. The molecule has 94 valence electrons. The van der Waals surface area contributed by atoms with Crippen molar-refractivity contribution in [2.45, 2.75) is 0 Å². The minimum atomic E-state index is -0.316. The minimum absolute atomic E-state index is 0.0489. The number of benzene rings is 1. The molecule has 0 saturated carbocycles. The Balaban J connectivity index is 2.25. The van der Waals surface area contributed by atoms with E-state index in [0.29, 0.717) is 23.6 Å². The molecule has 0 saturated heterocycles. The Morgan fingerprint density at radius 3 is 2.56 bits per heavy atom. The largest absolute Gasteiger partial charge is 0.395 e. The maximum atomic E-state index is 13.5. The molecule has 1 aromatic heterocycles. The number of hydrogen-bond acceptors (Lipinski definition) is 4. The predicted octanol–water partition coefficient (Wildman–Crippen LogP) is 1.71. The fourth-order valence-corrected chi connectivity index (χ4v) is 1.61. The van der Waals surface area contributed by atoms with Gasteiger partial charge in [-0.1, -0.05) is 12.1 Å². The van der Waals surface area contributed by atoms with Crippen LogP contribution in [0.1, 0.15) is 0 Å². The fraction of sp³-hybridized carbons (Fsp3) is 0.231. The molecule has 1 heterocycles. The number of halogens is 1. The topological polar surface area (TPSA) is 49.2 Å². The Bertz CT molecular complexity index is 516. The molecule has 0 bridgehead atoms. The molecule has 0 atom stereocenters. The van der Waals surface area contributed by atoms with Gasteiger partial charge in [-0.05, 0) is 24.3 Å². The average molecular weight is 247 g/mol. The van der Waals surface area contributed by atoms with Crippen LogP contribution in [0.2, 0.25) is 0 Å². The standard InChI is InChI=1S/C13H14FN3O/c1-17(8-9-18)13-7-6-12(15-16-13)10-4-2-3-5-11(10)14/h2-7,18H,8-9H2,1H3. The maximum absolute atomic E-state index is 13.5. The van der Waals surface area contributed by atoms with Crippen LogP contribution in [0.25, 0.3) is 11.3 Å². The lowest BCUT2D eigenvalue weighted by atomic mass is 10.1. The molecular weight excluding hydrogens is 233 g/mol. The third kappa shape index (κ3) is 2.62. The van der Waals surface area contributed by atoms with Crippen molar-refractivity contribution >= 4 is 5.82 Å². The number of aromatic nitrogens is 2. The number of rotatable bonds is 4. The molecule has 2 rings (SSSR count). The summed E-state index contributed by atoms with van der Waals surface area (Å²) in [5, 5.41) is 16.8. The van der Waals surface area contributed by atoms with Crippen molar-refractivity contribution in [3.63, 3.8) is 0 Å². The summed E-state index contributed by atoms with van der Waals surface area (Å²) in [6.07, 6.45) is 0. The second kappa shape index (κ2) is 5.55. The first-order valence-corrected chi connectivity index (χ1v) is 5.63. The summed E-state index contributed by atoms with van der Waals surface area (Å²) in [7, 11) is 1.81. The van der Waals surface area contributed by atoms with Crippen molar-refractivity contribution in [3.05, 3.63) is 42.2 Å². The third-order valence-electron chi connectivity index (χ3n) is 2.63. The summed E-state index contributed by atoms with van der Waals surface area (Å²) < 4.78 is 13.5. The van der Waals surface area contributed by atoms with Gasteiger partial charge in [-0.3, -0.25) is 0 Å². The molecule has 2 aromatic rings. The smallest absolute Gasteiger partial charge is 0.151 e. The molecule has 4 nitrogen and oxygen atoms in total. The fourth-order valence-electron chi connectivity index (χ4n) is 1.61. The molecule has 0 spiro atoms. The van der Waals surface area contributed by atoms with Crippen molar-refractivity contribution in [2.75, 3.05) is 25.1 Å². The SMILES string of the molecule is CN(CCO)c1ccc(-c2ccccc2F)nn1. The summed E-state index contributed by atoms with van der Waals surface area (Å²) in [5.74, 6) is 0.326. The molecule has 0 aliphatic carbocycles. The zero-order chi connectivity index (χ0) is 13.0. The van der Waals surface area contributed by atoms with E-state index in [1.165, 1.54) is 6.07 Å². The molecule has 0 aliphatic rings. The van der Waals surface area contributed by atoms with Gasteiger partial charge < -0.3 is 10.0 Å². The monoisotopic (exact) mass is 247 g/mol. The van der Waals surface area contributed by atoms with Gasteiger partial charge in [0.2, 0.25) is 0 Å². The van der Waals surface area contributed by atoms with Crippen LogP contribution in [0.15, 0.2) is 36.4 Å². The van der Waals surface area contributed by atoms with Crippen molar-refractivity contribution in [2.24, 2.45) is 0 Å². The summed E-state index contributed by atoms with van der Waals surface area (Å²) in [6, 6.07) is 9.92. The van der Waals surface area contributed by atoms with Gasteiger partial charge in [0.25, 0.3) is 0 Å². The van der Waals surface area contributed by atoms with E-state index in [0.717, 1.165) is 0 Å². The van der Waals surface area contributed by atoms with E-state index in [9.17, 15) is 4.39 Å². The lowest BCUT2D eigenvalue weighted by Gasteiger charge is -2.15. The van der Waals surface area contributed by atoms with Crippen LogP contribution in [0.5, 0.6) is 0 Å². The number of aliphatic hydroxyl groups is 1. The van der Waals surface area contributed by atoms with E-state index in [4.69, 9.17) is 5.11 Å². The Labute approximate surface area is 105 Å². The van der Waals surface area contributed by atoms with Crippen LogP contribution >= 0.6 is 0 Å². The van der Waals surface area contributed by atoms with Crippen LogP contribution in [0.4, 0.5) is 10.2 Å². The average Bonchev–Trinajstić information content (AvgIpc) is 2.40. The number of aliphatic hydroxyl groups excluding tert-OH is 1. The summed E-state index contributed by atoms with van der Waals surface area (Å²) in [6.45, 7) is 0.529. The van der Waals surface area contributed by atoms with E-state index < -0.39 is 0 Å². The van der Waals surface area contributed by atoms with E-state index in [2.05, 4.69) is 10.2 Å². The van der Waals surface area contributed by atoms with E-state index >= 15 is 0 Å². The molecule has 18 heavy (non-hydrogen) atoms. The first-order chi connectivity index (χ1) is 8.72. The van der Waals surface area contributed by atoms with Gasteiger partial charge in [0.15, 0.2) is 5.82 Å². The van der Waals surface area contributed by atoms with Gasteiger partial charge in [0.05, 0.1) is 12.3 Å². The Hall–Kier alpha value is -2.01. The van der Waals surface area contributed by atoms with Crippen molar-refractivity contribution < 1.29 is 9.50 Å². The number of likely N-dealkylation sites (N-methyl/N-ethyl adjacent to an activating group) is 1. The quantitative estimate of drug-likeness (QED) is 0.893. The third-order valence-corrected chi connectivity index (χ3v) is 2.63. The first-order valence-electron chi connectivity index (χ1n) is 5.63. The second-order valence-corrected chi connectivity index (χ2v) is 3.90. The second-order valence-electron chi connectivity index (χ2n) is 3.90. The highest BCUT2D eigenvalue weighted by atomic mass is 19.1. The minimum Gasteiger partial charge on any atom is -0.395 e. The highest BCUT2D eigenvalue weighted by Crippen LogP contribution is 2.20. The molecule has 5 heteroatoms. The number of anilines is 1. The van der Waals surface area contributed by atoms with E-state index in [-0.39, 0.29) is 12.4 Å². The predicted molar refractivity (Wildman–Crippen MR) is 67.8 cm³/mol. The zero-order valence-corrected chi connectivity index (χ0v) is 10.0. The van der Waals surface area contributed by atoms with Crippen molar-refractivity contribution in [3.8, 4) is 11.3 Å². The van der Waals surface area contributed by atoms with Gasteiger partial charge in [0, 0.05) is 19.2 Å². The van der Waals surface area contributed by atoms with Gasteiger partial charge in [-0.15, -0.1) is 10.2 Å². The molecule has 0 radical (unpaired) electrons. The van der Waals surface area contributed by atoms with E-state index in [1.807, 2.05) is 7.05 Å². The van der Waals surface area contributed by atoms with Crippen LogP contribution in [-0.4, -0.2) is 35.5 Å². The van der Waals surface area contributed by atoms with Crippen LogP contribution in [0.3, 0.4) is 0 Å². The van der Waals surface area contributed by atoms with Crippen molar-refractivity contribution in [1.82, 2.24) is 10.2 Å². The summed E-state index contributed by atoms with van der Waals surface area (Å²) in [4.78, 5) is 1.78. The molecule has 0 aliphatic heterocycles. The Morgan fingerprint density at radius 2 is 1.94 bits per heavy atom. The highest BCUT2D eigenvalue weighted by molar-refractivity contribution is 5.60. The van der Waals surface area contributed by atoms with Crippen LogP contribution in [-0.2, 0) is 0 Å². The van der Waals surface area contributed by atoms with E-state index in [1.54, 1.807) is 35.2 Å². The Morgan fingerprint density at radius 1 is 1.17 bits per heavy atom. The molecule has 0 amide bonds. The summed E-state index contributed by atoms with van der Waals surface area (Å²) in [5.41, 5.74) is 0.926. The molecule has 0 fully saturated rings. The van der Waals surface area contributed by atoms with Gasteiger partial charge >= 0.3 is 0 Å². The van der Waals surface area contributed by atoms with Gasteiger partial charge in [-0.25, -0.2) is 4.39 Å². The first kappa shape index (κ1) is 12.4. The molecule has 0 unspecified atom stereocenters. The van der Waals surface area contributed by atoms with Crippen molar-refractivity contribution in [1.29, 1.82) is 0 Å². The molecule has 1 aromatic carbocycles. The highest BCUT2D eigenvalue weighted by Gasteiger charge is 2.07. The maximum Gasteiger partial charge on any atom is 0.151 e. The normalized spacial score (nSPS) is 10.4. The summed E-state index contributed by atoms with van der Waals surface area (Å²) >= 11 is 0. The lowest BCUT2D eigenvalue weighted by Crippen LogP contribution is -2.22. The molecule has 1 N–H and O–H groups in total. The number of hydrogen-bond donors (Lipinski definition) is 1.